The van der Waals surface area contributed by atoms with E-state index in [1.807, 2.05) is 0 Å². The van der Waals surface area contributed by atoms with Gasteiger partial charge in [-0.15, -0.1) is 6.58 Å². The van der Waals surface area contributed by atoms with E-state index in [4.69, 9.17) is 0 Å². The number of nitrogens with zero attached hydrogens (tertiary/aromatic N) is 1. The van der Waals surface area contributed by atoms with Gasteiger partial charge in [0.2, 0.25) is 0 Å². The zero-order chi connectivity index (χ0) is 12.8. The Morgan fingerprint density at radius 2 is 1.94 bits per heavy atom. The molecule has 16 heavy (non-hydrogen) atoms. The fourth-order valence-electron chi connectivity index (χ4n) is 1.04. The van der Waals surface area contributed by atoms with Crippen molar-refractivity contribution in [2.45, 2.75) is 25.8 Å². The van der Waals surface area contributed by atoms with Gasteiger partial charge in [0, 0.05) is 0 Å². The summed E-state index contributed by atoms with van der Waals surface area (Å²) in [5.74, 6) is 0. The molecule has 8 heteroatoms. The summed E-state index contributed by atoms with van der Waals surface area (Å²) in [6.07, 6.45) is 0.227. The normalized spacial score (nSPS) is 15.4. The Morgan fingerprint density at radius 3 is 2.19 bits per heavy atom. The molecule has 0 aromatic rings. The first-order valence-corrected chi connectivity index (χ1v) is 6.25. The molecular weight excluding hydrogens is 240 g/mol. The van der Waals surface area contributed by atoms with E-state index in [1.165, 1.54) is 13.8 Å². The van der Waals surface area contributed by atoms with Crippen LogP contribution in [0, 0.1) is 10.1 Å². The molecule has 0 saturated carbocycles. The van der Waals surface area contributed by atoms with Crippen molar-refractivity contribution in [1.82, 2.24) is 0 Å². The zero-order valence-corrected chi connectivity index (χ0v) is 10.1. The van der Waals surface area contributed by atoms with Crippen LogP contribution in [-0.2, 0) is 13.6 Å². The lowest BCUT2D eigenvalue weighted by Gasteiger charge is -2.23. The van der Waals surface area contributed by atoms with Crippen molar-refractivity contribution in [3.63, 3.8) is 0 Å². The van der Waals surface area contributed by atoms with Crippen molar-refractivity contribution in [3.05, 3.63) is 22.8 Å². The Balaban J connectivity index is 5.33. The van der Waals surface area contributed by atoms with E-state index in [2.05, 4.69) is 15.6 Å². The Labute approximate surface area is 93.1 Å². The zero-order valence-electron chi connectivity index (χ0n) is 9.22. The van der Waals surface area contributed by atoms with Crippen molar-refractivity contribution in [2.75, 3.05) is 13.2 Å². The quantitative estimate of drug-likeness (QED) is 0.219. The van der Waals surface area contributed by atoms with Crippen LogP contribution in [0.3, 0.4) is 0 Å². The molecule has 0 radical (unpaired) electrons. The minimum atomic E-state index is -4.45. The first-order valence-electron chi connectivity index (χ1n) is 4.71. The van der Waals surface area contributed by atoms with Crippen LogP contribution in [0.4, 0.5) is 4.39 Å². The van der Waals surface area contributed by atoms with E-state index < -0.39 is 24.5 Å². The number of hydrogen-bond donors (Lipinski definition) is 0. The van der Waals surface area contributed by atoms with Crippen molar-refractivity contribution < 1.29 is 22.9 Å². The Bertz CT molecular complexity index is 301. The van der Waals surface area contributed by atoms with Gasteiger partial charge in [0.25, 0.3) is 0 Å². The van der Waals surface area contributed by atoms with Crippen LogP contribution in [0.5, 0.6) is 0 Å². The van der Waals surface area contributed by atoms with Crippen molar-refractivity contribution >= 4 is 7.60 Å². The highest BCUT2D eigenvalue weighted by Gasteiger charge is 2.63. The van der Waals surface area contributed by atoms with Crippen molar-refractivity contribution in [3.8, 4) is 0 Å². The molecule has 0 bridgehead atoms. The molecular formula is C8H15FNO5P. The molecule has 0 rings (SSSR count). The summed E-state index contributed by atoms with van der Waals surface area (Å²) in [5.41, 5.74) is -3.28. The highest BCUT2D eigenvalue weighted by molar-refractivity contribution is 7.55. The molecule has 0 fully saturated rings. The van der Waals surface area contributed by atoms with E-state index >= 15 is 0 Å². The molecule has 0 aromatic carbocycles. The van der Waals surface area contributed by atoms with Gasteiger partial charge in [0.15, 0.2) is 0 Å². The first kappa shape index (κ1) is 15.2. The van der Waals surface area contributed by atoms with E-state index in [9.17, 15) is 19.1 Å². The van der Waals surface area contributed by atoms with Gasteiger partial charge in [-0.3, -0.25) is 10.1 Å². The van der Waals surface area contributed by atoms with Gasteiger partial charge in [-0.05, 0) is 13.8 Å². The average molecular weight is 255 g/mol. The Kier molecular flexibility index (Phi) is 5.78. The lowest BCUT2D eigenvalue weighted by Crippen LogP contribution is -2.34. The molecule has 0 N–H and O–H groups in total. The third-order valence-electron chi connectivity index (χ3n) is 1.70. The number of halogens is 1. The van der Waals surface area contributed by atoms with E-state index in [0.717, 1.165) is 6.08 Å². The standard InChI is InChI=1S/C8H15FNO5P/c1-4-7-8(9,10(11)12)16(13,14-5-2)15-6-3/h4H,1,5-7H2,2-3H3. The van der Waals surface area contributed by atoms with Gasteiger partial charge >= 0.3 is 13.1 Å². The second-order valence-electron chi connectivity index (χ2n) is 2.80. The molecule has 0 aliphatic rings. The highest BCUT2D eigenvalue weighted by Crippen LogP contribution is 2.62. The Morgan fingerprint density at radius 1 is 1.50 bits per heavy atom. The molecule has 6 nitrogen and oxygen atoms in total. The smallest absolute Gasteiger partial charge is 0.302 e. The molecule has 0 aliphatic heterocycles. The van der Waals surface area contributed by atoms with Crippen molar-refractivity contribution in [1.29, 1.82) is 0 Å². The van der Waals surface area contributed by atoms with Crippen LogP contribution >= 0.6 is 7.60 Å². The summed E-state index contributed by atoms with van der Waals surface area (Å²) in [6.45, 7) is 5.78. The lowest BCUT2D eigenvalue weighted by atomic mass is 10.4. The molecule has 1 unspecified atom stereocenters. The molecule has 0 saturated heterocycles. The summed E-state index contributed by atoms with van der Waals surface area (Å²) in [7, 11) is -4.45. The van der Waals surface area contributed by atoms with Crippen molar-refractivity contribution in [2.24, 2.45) is 0 Å². The molecule has 0 spiro atoms. The summed E-state index contributed by atoms with van der Waals surface area (Å²) in [6, 6.07) is 0. The summed E-state index contributed by atoms with van der Waals surface area (Å²) >= 11 is 0. The van der Waals surface area contributed by atoms with E-state index in [1.54, 1.807) is 0 Å². The lowest BCUT2D eigenvalue weighted by molar-refractivity contribution is -0.577. The van der Waals surface area contributed by atoms with Crippen LogP contribution < -0.4 is 0 Å². The SMILES string of the molecule is C=CCC(F)([N+](=O)[O-])P(=O)(OCC)OCC. The van der Waals surface area contributed by atoms with Crippen LogP contribution in [0.2, 0.25) is 0 Å². The molecule has 1 atom stereocenters. The van der Waals surface area contributed by atoms with Gasteiger partial charge < -0.3 is 9.05 Å². The first-order chi connectivity index (χ1) is 7.38. The molecule has 0 amide bonds. The minimum absolute atomic E-state index is 0.145. The largest absolute Gasteiger partial charge is 0.459 e. The van der Waals surface area contributed by atoms with Gasteiger partial charge in [0.05, 0.1) is 24.6 Å². The van der Waals surface area contributed by atoms with Gasteiger partial charge in [-0.25, -0.2) is 4.57 Å². The second kappa shape index (κ2) is 6.08. The summed E-state index contributed by atoms with van der Waals surface area (Å²) in [4.78, 5) is 9.37. The van der Waals surface area contributed by atoms with E-state index in [-0.39, 0.29) is 13.2 Å². The minimum Gasteiger partial charge on any atom is -0.302 e. The van der Waals surface area contributed by atoms with Gasteiger partial charge in [-0.1, -0.05) is 6.08 Å². The molecule has 0 aromatic heterocycles. The van der Waals surface area contributed by atoms with Crippen LogP contribution in [0.1, 0.15) is 20.3 Å². The summed E-state index contributed by atoms with van der Waals surface area (Å²) < 4.78 is 35.2. The predicted octanol–water partition coefficient (Wildman–Crippen LogP) is 2.73. The number of nitro groups is 1. The number of alkyl halides is 1. The van der Waals surface area contributed by atoms with E-state index in [0.29, 0.717) is 0 Å². The fraction of sp³-hybridized carbons (Fsp3) is 0.750. The maximum atomic E-state index is 14.1. The van der Waals surface area contributed by atoms with Crippen LogP contribution in [0.25, 0.3) is 0 Å². The topological polar surface area (TPSA) is 78.7 Å². The predicted molar refractivity (Wildman–Crippen MR) is 56.5 cm³/mol. The number of rotatable bonds is 8. The monoisotopic (exact) mass is 255 g/mol. The molecule has 0 aliphatic carbocycles. The second-order valence-corrected chi connectivity index (χ2v) is 5.00. The van der Waals surface area contributed by atoms with Gasteiger partial charge in [0.1, 0.15) is 0 Å². The van der Waals surface area contributed by atoms with Crippen LogP contribution in [-0.4, -0.2) is 23.7 Å². The fourth-order valence-corrected chi connectivity index (χ4v) is 2.75. The molecule has 0 heterocycles. The number of hydrogen-bond acceptors (Lipinski definition) is 5. The average Bonchev–Trinajstić information content (AvgIpc) is 2.18. The third-order valence-corrected chi connectivity index (χ3v) is 4.08. The third kappa shape index (κ3) is 2.87. The summed E-state index contributed by atoms with van der Waals surface area (Å²) in [5, 5.41) is 10.7. The molecule has 94 valence electrons. The van der Waals surface area contributed by atoms with Gasteiger partial charge in [-0.2, -0.15) is 4.39 Å². The Hall–Kier alpha value is -0.780. The van der Waals surface area contributed by atoms with Crippen LogP contribution in [0.15, 0.2) is 12.7 Å². The maximum Gasteiger partial charge on any atom is 0.459 e. The highest BCUT2D eigenvalue weighted by atomic mass is 31.2. The maximum absolute atomic E-state index is 14.1.